The van der Waals surface area contributed by atoms with Gasteiger partial charge in [0.15, 0.2) is 0 Å². The van der Waals surface area contributed by atoms with Crippen LogP contribution in [0.1, 0.15) is 22.5 Å². The van der Waals surface area contributed by atoms with Crippen molar-refractivity contribution in [1.82, 2.24) is 19.7 Å². The maximum atomic E-state index is 13.1. The van der Waals surface area contributed by atoms with Crippen LogP contribution in [-0.2, 0) is 24.4 Å². The molecule has 158 valence electrons. The summed E-state index contributed by atoms with van der Waals surface area (Å²) >= 11 is 6.13. The molecular weight excluding hydrogens is 412 g/mol. The molecule has 2 aromatic heterocycles. The van der Waals surface area contributed by atoms with Crippen LogP contribution >= 0.6 is 11.6 Å². The van der Waals surface area contributed by atoms with Gasteiger partial charge in [0.1, 0.15) is 6.54 Å². The largest absolute Gasteiger partial charge is 0.350 e. The summed E-state index contributed by atoms with van der Waals surface area (Å²) in [6, 6.07) is 17.4. The Bertz CT molecular complexity index is 1310. The number of fused-ring (bicyclic) bond motifs is 1. The zero-order chi connectivity index (χ0) is 22.0. The molecule has 0 aliphatic rings. The number of rotatable bonds is 6. The molecule has 4 rings (SSSR count). The summed E-state index contributed by atoms with van der Waals surface area (Å²) in [5.74, 6) is -0.299. The van der Waals surface area contributed by atoms with Crippen LogP contribution in [0.5, 0.6) is 0 Å². The predicted molar refractivity (Wildman–Crippen MR) is 122 cm³/mol. The summed E-state index contributed by atoms with van der Waals surface area (Å²) in [6.45, 7) is 4.73. The van der Waals surface area contributed by atoms with Crippen LogP contribution < -0.4 is 10.9 Å². The summed E-state index contributed by atoms with van der Waals surface area (Å²) in [5.41, 5.74) is 3.56. The smallest absolute Gasteiger partial charge is 0.276 e. The van der Waals surface area contributed by atoms with E-state index in [0.717, 1.165) is 27.9 Å². The first-order valence-electron chi connectivity index (χ1n) is 10.0. The molecule has 1 amide bonds. The number of nitrogens with zero attached hydrogens (tertiary/aromatic N) is 3. The molecule has 0 saturated carbocycles. The van der Waals surface area contributed by atoms with Crippen LogP contribution in [0.15, 0.2) is 65.6 Å². The molecule has 0 spiro atoms. The number of nitrogens with one attached hydrogen (secondary N) is 1. The van der Waals surface area contributed by atoms with E-state index in [0.29, 0.717) is 23.5 Å². The highest BCUT2D eigenvalue weighted by molar-refractivity contribution is 6.31. The van der Waals surface area contributed by atoms with Crippen LogP contribution in [-0.4, -0.2) is 20.3 Å². The number of carbonyl (C=O) groups is 1. The fourth-order valence-corrected chi connectivity index (χ4v) is 3.99. The van der Waals surface area contributed by atoms with Gasteiger partial charge in [0.25, 0.3) is 5.56 Å². The van der Waals surface area contributed by atoms with Gasteiger partial charge in [-0.05, 0) is 31.0 Å². The lowest BCUT2D eigenvalue weighted by atomic mass is 10.2. The van der Waals surface area contributed by atoms with Crippen molar-refractivity contribution in [2.24, 2.45) is 0 Å². The Morgan fingerprint density at radius 3 is 2.48 bits per heavy atom. The van der Waals surface area contributed by atoms with Crippen LogP contribution in [0, 0.1) is 13.8 Å². The zero-order valence-corrected chi connectivity index (χ0v) is 18.2. The van der Waals surface area contributed by atoms with Gasteiger partial charge in [-0.3, -0.25) is 9.59 Å². The number of amides is 1. The van der Waals surface area contributed by atoms with Crippen molar-refractivity contribution in [3.8, 4) is 0 Å². The van der Waals surface area contributed by atoms with Gasteiger partial charge < -0.3 is 9.88 Å². The molecule has 2 heterocycles. The van der Waals surface area contributed by atoms with Crippen molar-refractivity contribution in [3.63, 3.8) is 0 Å². The lowest BCUT2D eigenvalue weighted by Gasteiger charge is -2.09. The molecule has 0 fully saturated rings. The number of carbonyl (C=O) groups excluding carboxylic acids is 1. The molecule has 1 N–H and O–H groups in total. The van der Waals surface area contributed by atoms with E-state index in [1.54, 1.807) is 12.3 Å². The first-order chi connectivity index (χ1) is 15.0. The Balaban J connectivity index is 1.57. The third-order valence-corrected chi connectivity index (χ3v) is 5.88. The zero-order valence-electron chi connectivity index (χ0n) is 17.4. The van der Waals surface area contributed by atoms with E-state index in [4.69, 9.17) is 11.6 Å². The Morgan fingerprint density at radius 2 is 1.74 bits per heavy atom. The molecule has 0 saturated heterocycles. The summed E-state index contributed by atoms with van der Waals surface area (Å²) in [7, 11) is 0. The molecule has 2 aromatic carbocycles. The standard InChI is InChI=1S/C24H23ClN4O2/c1-16-20-13-27-29(15-22(30)26-12-19-10-6-7-11-21(19)25)24(31)23(20)17(2)28(16)14-18-8-4-3-5-9-18/h3-11,13H,12,14-15H2,1-2H3,(H,26,30). The van der Waals surface area contributed by atoms with Crippen molar-refractivity contribution >= 4 is 28.3 Å². The molecule has 0 atom stereocenters. The van der Waals surface area contributed by atoms with Crippen LogP contribution in [0.3, 0.4) is 0 Å². The van der Waals surface area contributed by atoms with E-state index in [1.165, 1.54) is 4.68 Å². The minimum Gasteiger partial charge on any atom is -0.350 e. The third kappa shape index (κ3) is 4.25. The fourth-order valence-electron chi connectivity index (χ4n) is 3.79. The molecule has 31 heavy (non-hydrogen) atoms. The summed E-state index contributed by atoms with van der Waals surface area (Å²) < 4.78 is 3.33. The van der Waals surface area contributed by atoms with E-state index in [-0.39, 0.29) is 18.0 Å². The normalized spacial score (nSPS) is 11.1. The van der Waals surface area contributed by atoms with Crippen LogP contribution in [0.4, 0.5) is 0 Å². The molecule has 0 bridgehead atoms. The Kier molecular flexibility index (Phi) is 5.91. The number of aryl methyl sites for hydroxylation is 2. The lowest BCUT2D eigenvalue weighted by Crippen LogP contribution is -2.33. The molecule has 6 nitrogen and oxygen atoms in total. The van der Waals surface area contributed by atoms with Gasteiger partial charge in [0.05, 0.1) is 11.6 Å². The second kappa shape index (κ2) is 8.78. The topological polar surface area (TPSA) is 68.9 Å². The number of hydrogen-bond acceptors (Lipinski definition) is 3. The number of aromatic nitrogens is 3. The highest BCUT2D eigenvalue weighted by Crippen LogP contribution is 2.23. The Morgan fingerprint density at radius 1 is 1.03 bits per heavy atom. The van der Waals surface area contributed by atoms with Gasteiger partial charge in [-0.15, -0.1) is 0 Å². The molecule has 4 aromatic rings. The quantitative estimate of drug-likeness (QED) is 0.501. The van der Waals surface area contributed by atoms with Gasteiger partial charge >= 0.3 is 0 Å². The van der Waals surface area contributed by atoms with E-state index in [2.05, 4.69) is 27.1 Å². The average Bonchev–Trinajstić information content (AvgIpc) is 3.01. The van der Waals surface area contributed by atoms with Gasteiger partial charge in [0, 0.05) is 34.9 Å². The first-order valence-corrected chi connectivity index (χ1v) is 10.4. The van der Waals surface area contributed by atoms with Crippen molar-refractivity contribution in [2.45, 2.75) is 33.5 Å². The second-order valence-corrected chi connectivity index (χ2v) is 7.91. The average molecular weight is 435 g/mol. The maximum absolute atomic E-state index is 13.1. The van der Waals surface area contributed by atoms with Gasteiger partial charge in [-0.25, -0.2) is 4.68 Å². The second-order valence-electron chi connectivity index (χ2n) is 7.51. The molecule has 0 unspecified atom stereocenters. The van der Waals surface area contributed by atoms with Gasteiger partial charge in [0.2, 0.25) is 5.91 Å². The first kappa shape index (κ1) is 20.9. The number of halogens is 1. The Labute approximate surface area is 185 Å². The van der Waals surface area contributed by atoms with E-state index < -0.39 is 0 Å². The monoisotopic (exact) mass is 434 g/mol. The molecule has 0 aliphatic carbocycles. The third-order valence-electron chi connectivity index (χ3n) is 5.52. The van der Waals surface area contributed by atoms with E-state index in [9.17, 15) is 9.59 Å². The number of benzene rings is 2. The highest BCUT2D eigenvalue weighted by atomic mass is 35.5. The minimum absolute atomic E-state index is 0.151. The van der Waals surface area contributed by atoms with E-state index >= 15 is 0 Å². The molecule has 0 radical (unpaired) electrons. The van der Waals surface area contributed by atoms with Crippen LogP contribution in [0.25, 0.3) is 10.8 Å². The SMILES string of the molecule is Cc1c2cnn(CC(=O)NCc3ccccc3Cl)c(=O)c2c(C)n1Cc1ccccc1. The lowest BCUT2D eigenvalue weighted by molar-refractivity contribution is -0.122. The molecular formula is C24H23ClN4O2. The van der Waals surface area contributed by atoms with Crippen LogP contribution in [0.2, 0.25) is 5.02 Å². The maximum Gasteiger partial charge on any atom is 0.276 e. The van der Waals surface area contributed by atoms with Gasteiger partial charge in [-0.1, -0.05) is 60.1 Å². The predicted octanol–water partition coefficient (Wildman–Crippen LogP) is 3.83. The summed E-state index contributed by atoms with van der Waals surface area (Å²) in [4.78, 5) is 25.5. The Hall–Kier alpha value is -3.38. The minimum atomic E-state index is -0.299. The fraction of sp³-hybridized carbons (Fsp3) is 0.208. The summed E-state index contributed by atoms with van der Waals surface area (Å²) in [5, 5.41) is 9.04. The highest BCUT2D eigenvalue weighted by Gasteiger charge is 2.17. The summed E-state index contributed by atoms with van der Waals surface area (Å²) in [6.07, 6.45) is 1.67. The van der Waals surface area contributed by atoms with Crippen molar-refractivity contribution in [1.29, 1.82) is 0 Å². The van der Waals surface area contributed by atoms with Crippen molar-refractivity contribution < 1.29 is 4.79 Å². The van der Waals surface area contributed by atoms with Crippen molar-refractivity contribution in [2.75, 3.05) is 0 Å². The van der Waals surface area contributed by atoms with Crippen molar-refractivity contribution in [3.05, 3.63) is 98.7 Å². The van der Waals surface area contributed by atoms with Gasteiger partial charge in [-0.2, -0.15) is 5.10 Å². The molecule has 7 heteroatoms. The van der Waals surface area contributed by atoms with E-state index in [1.807, 2.05) is 50.2 Å². The molecule has 0 aliphatic heterocycles. The number of hydrogen-bond donors (Lipinski definition) is 1.